The Kier molecular flexibility index (Phi) is 3.22. The maximum atomic E-state index is 11.8. The highest BCUT2D eigenvalue weighted by Crippen LogP contribution is 2.12. The highest BCUT2D eigenvalue weighted by atomic mass is 16.3. The van der Waals surface area contributed by atoms with E-state index < -0.39 is 0 Å². The Morgan fingerprint density at radius 3 is 2.94 bits per heavy atom. The number of carbonyl (C=O) groups is 1. The zero-order valence-electron chi connectivity index (χ0n) is 9.80. The SMILES string of the molecule is Cc1cc(C(=O)NCCn2cncn2)c(C)o1. The van der Waals surface area contributed by atoms with E-state index in [0.717, 1.165) is 5.76 Å². The number of hydrogen-bond acceptors (Lipinski definition) is 4. The first-order chi connectivity index (χ1) is 8.16. The van der Waals surface area contributed by atoms with Crippen LogP contribution in [0, 0.1) is 13.8 Å². The van der Waals surface area contributed by atoms with Gasteiger partial charge in [0.25, 0.3) is 5.91 Å². The molecule has 2 heterocycles. The van der Waals surface area contributed by atoms with Gasteiger partial charge in [0.2, 0.25) is 0 Å². The second-order valence-corrected chi connectivity index (χ2v) is 3.74. The van der Waals surface area contributed by atoms with Crippen LogP contribution in [-0.2, 0) is 6.54 Å². The Labute approximate surface area is 98.6 Å². The minimum absolute atomic E-state index is 0.125. The lowest BCUT2D eigenvalue weighted by atomic mass is 10.2. The first kappa shape index (κ1) is 11.4. The molecular weight excluding hydrogens is 220 g/mol. The molecule has 0 aliphatic carbocycles. The topological polar surface area (TPSA) is 73.0 Å². The quantitative estimate of drug-likeness (QED) is 0.853. The molecule has 0 atom stereocenters. The lowest BCUT2D eigenvalue weighted by molar-refractivity contribution is 0.0950. The predicted octanol–water partition coefficient (Wildman–Crippen LogP) is 0.918. The van der Waals surface area contributed by atoms with Gasteiger partial charge in [-0.15, -0.1) is 0 Å². The third-order valence-corrected chi connectivity index (χ3v) is 2.38. The van der Waals surface area contributed by atoms with Gasteiger partial charge in [-0.25, -0.2) is 4.98 Å². The van der Waals surface area contributed by atoms with Crippen LogP contribution in [0.4, 0.5) is 0 Å². The number of hydrogen-bond donors (Lipinski definition) is 1. The summed E-state index contributed by atoms with van der Waals surface area (Å²) in [4.78, 5) is 15.6. The third kappa shape index (κ3) is 2.72. The van der Waals surface area contributed by atoms with Crippen LogP contribution in [0.2, 0.25) is 0 Å². The van der Waals surface area contributed by atoms with Crippen LogP contribution in [0.15, 0.2) is 23.1 Å². The first-order valence-electron chi connectivity index (χ1n) is 5.34. The molecule has 1 N–H and O–H groups in total. The summed E-state index contributed by atoms with van der Waals surface area (Å²) < 4.78 is 6.96. The zero-order valence-corrected chi connectivity index (χ0v) is 9.80. The summed E-state index contributed by atoms with van der Waals surface area (Å²) >= 11 is 0. The summed E-state index contributed by atoms with van der Waals surface area (Å²) in [5.41, 5.74) is 0.584. The largest absolute Gasteiger partial charge is 0.466 e. The fourth-order valence-corrected chi connectivity index (χ4v) is 1.58. The molecule has 1 amide bonds. The number of nitrogens with one attached hydrogen (secondary N) is 1. The lowest BCUT2D eigenvalue weighted by Crippen LogP contribution is -2.27. The molecule has 0 saturated heterocycles. The molecule has 0 aromatic carbocycles. The van der Waals surface area contributed by atoms with Crippen molar-refractivity contribution in [2.45, 2.75) is 20.4 Å². The molecule has 6 heteroatoms. The molecule has 17 heavy (non-hydrogen) atoms. The molecule has 0 unspecified atom stereocenters. The number of amides is 1. The third-order valence-electron chi connectivity index (χ3n) is 2.38. The van der Waals surface area contributed by atoms with E-state index in [1.807, 2.05) is 6.92 Å². The van der Waals surface area contributed by atoms with Crippen LogP contribution in [0.25, 0.3) is 0 Å². The standard InChI is InChI=1S/C11H14N4O2/c1-8-5-10(9(2)17-8)11(16)13-3-4-15-7-12-6-14-15/h5-7H,3-4H2,1-2H3,(H,13,16). The van der Waals surface area contributed by atoms with E-state index in [1.165, 1.54) is 6.33 Å². The second-order valence-electron chi connectivity index (χ2n) is 3.74. The lowest BCUT2D eigenvalue weighted by Gasteiger charge is -2.03. The molecule has 0 aliphatic heterocycles. The van der Waals surface area contributed by atoms with Crippen molar-refractivity contribution in [1.82, 2.24) is 20.1 Å². The molecule has 2 aromatic heterocycles. The van der Waals surface area contributed by atoms with Gasteiger partial charge in [0, 0.05) is 6.54 Å². The van der Waals surface area contributed by atoms with E-state index in [0.29, 0.717) is 24.4 Å². The molecule has 0 radical (unpaired) electrons. The van der Waals surface area contributed by atoms with Crippen LogP contribution in [0.1, 0.15) is 21.9 Å². The number of rotatable bonds is 4. The van der Waals surface area contributed by atoms with Gasteiger partial charge >= 0.3 is 0 Å². The summed E-state index contributed by atoms with van der Waals surface area (Å²) in [6.45, 7) is 4.70. The molecule has 0 aliphatic rings. The molecule has 0 spiro atoms. The first-order valence-corrected chi connectivity index (χ1v) is 5.34. The van der Waals surface area contributed by atoms with Crippen molar-refractivity contribution in [2.75, 3.05) is 6.54 Å². The van der Waals surface area contributed by atoms with Gasteiger partial charge in [-0.3, -0.25) is 9.48 Å². The summed E-state index contributed by atoms with van der Waals surface area (Å²) in [6, 6.07) is 1.74. The molecule has 90 valence electrons. The van der Waals surface area contributed by atoms with Gasteiger partial charge < -0.3 is 9.73 Å². The van der Waals surface area contributed by atoms with E-state index in [2.05, 4.69) is 15.4 Å². The fourth-order valence-electron chi connectivity index (χ4n) is 1.58. The molecule has 0 fully saturated rings. The van der Waals surface area contributed by atoms with E-state index in [4.69, 9.17) is 4.42 Å². The van der Waals surface area contributed by atoms with Crippen LogP contribution in [0.5, 0.6) is 0 Å². The average molecular weight is 234 g/mol. The molecule has 0 bridgehead atoms. The van der Waals surface area contributed by atoms with E-state index in [-0.39, 0.29) is 5.91 Å². The van der Waals surface area contributed by atoms with Gasteiger partial charge in [0.05, 0.1) is 12.1 Å². The highest BCUT2D eigenvalue weighted by Gasteiger charge is 2.12. The van der Waals surface area contributed by atoms with Crippen molar-refractivity contribution in [3.8, 4) is 0 Å². The van der Waals surface area contributed by atoms with Crippen molar-refractivity contribution in [2.24, 2.45) is 0 Å². The van der Waals surface area contributed by atoms with Crippen molar-refractivity contribution in [1.29, 1.82) is 0 Å². The fraction of sp³-hybridized carbons (Fsp3) is 0.364. The predicted molar refractivity (Wildman–Crippen MR) is 60.5 cm³/mol. The van der Waals surface area contributed by atoms with E-state index in [9.17, 15) is 4.79 Å². The molecule has 6 nitrogen and oxygen atoms in total. The minimum atomic E-state index is -0.125. The summed E-state index contributed by atoms with van der Waals surface area (Å²) in [5.74, 6) is 1.25. The Bertz CT molecular complexity index is 502. The van der Waals surface area contributed by atoms with Crippen molar-refractivity contribution >= 4 is 5.91 Å². The van der Waals surface area contributed by atoms with Gasteiger partial charge in [0.15, 0.2) is 0 Å². The minimum Gasteiger partial charge on any atom is -0.466 e. The van der Waals surface area contributed by atoms with Crippen LogP contribution in [0.3, 0.4) is 0 Å². The van der Waals surface area contributed by atoms with Crippen molar-refractivity contribution < 1.29 is 9.21 Å². The van der Waals surface area contributed by atoms with Gasteiger partial charge in [-0.2, -0.15) is 5.10 Å². The maximum absolute atomic E-state index is 11.8. The van der Waals surface area contributed by atoms with Crippen LogP contribution < -0.4 is 5.32 Å². The monoisotopic (exact) mass is 234 g/mol. The van der Waals surface area contributed by atoms with Gasteiger partial charge in [-0.05, 0) is 19.9 Å². The van der Waals surface area contributed by atoms with Gasteiger partial charge in [0.1, 0.15) is 24.2 Å². The number of furan rings is 1. The Balaban J connectivity index is 1.87. The van der Waals surface area contributed by atoms with E-state index in [1.54, 1.807) is 24.0 Å². The summed E-state index contributed by atoms with van der Waals surface area (Å²) in [6.07, 6.45) is 3.07. The Morgan fingerprint density at radius 1 is 1.53 bits per heavy atom. The Morgan fingerprint density at radius 2 is 2.35 bits per heavy atom. The maximum Gasteiger partial charge on any atom is 0.254 e. The number of aryl methyl sites for hydroxylation is 2. The van der Waals surface area contributed by atoms with Crippen molar-refractivity contribution in [3.05, 3.63) is 35.8 Å². The molecular formula is C11H14N4O2. The number of aromatic nitrogens is 3. The highest BCUT2D eigenvalue weighted by molar-refractivity contribution is 5.95. The zero-order chi connectivity index (χ0) is 12.3. The van der Waals surface area contributed by atoms with Crippen LogP contribution >= 0.6 is 0 Å². The Hall–Kier alpha value is -2.11. The normalized spacial score (nSPS) is 10.5. The van der Waals surface area contributed by atoms with Crippen LogP contribution in [-0.4, -0.2) is 27.2 Å². The summed E-state index contributed by atoms with van der Waals surface area (Å²) in [5, 5.41) is 6.75. The van der Waals surface area contributed by atoms with E-state index >= 15 is 0 Å². The molecule has 2 rings (SSSR count). The second kappa shape index (κ2) is 4.82. The number of carbonyl (C=O) groups excluding carboxylic acids is 1. The average Bonchev–Trinajstić information content (AvgIpc) is 2.88. The van der Waals surface area contributed by atoms with Gasteiger partial charge in [-0.1, -0.05) is 0 Å². The van der Waals surface area contributed by atoms with Crippen molar-refractivity contribution in [3.63, 3.8) is 0 Å². The molecule has 0 saturated carbocycles. The number of nitrogens with zero attached hydrogens (tertiary/aromatic N) is 3. The summed E-state index contributed by atoms with van der Waals surface area (Å²) in [7, 11) is 0. The molecule has 2 aromatic rings. The smallest absolute Gasteiger partial charge is 0.254 e.